The SMILES string of the molecule is COc1c(C)c(C)c(OC)c(C(O)(c2ccc(C(C)C)cc2)C(C)C)c1C. The Kier molecular flexibility index (Phi) is 6.26. The summed E-state index contributed by atoms with van der Waals surface area (Å²) in [4.78, 5) is 0. The van der Waals surface area contributed by atoms with Crippen molar-refractivity contribution >= 4 is 0 Å². The van der Waals surface area contributed by atoms with Crippen molar-refractivity contribution in [2.75, 3.05) is 14.2 Å². The molecule has 0 heterocycles. The van der Waals surface area contributed by atoms with Gasteiger partial charge in [-0.3, -0.25) is 0 Å². The molecule has 148 valence electrons. The Morgan fingerprint density at radius 2 is 1.26 bits per heavy atom. The molecule has 1 N–H and O–H groups in total. The van der Waals surface area contributed by atoms with Crippen molar-refractivity contribution in [1.82, 2.24) is 0 Å². The van der Waals surface area contributed by atoms with Crippen molar-refractivity contribution in [3.63, 3.8) is 0 Å². The summed E-state index contributed by atoms with van der Waals surface area (Å²) in [6.07, 6.45) is 0. The molecule has 2 rings (SSSR count). The van der Waals surface area contributed by atoms with E-state index in [1.165, 1.54) is 5.56 Å². The maximum atomic E-state index is 12.1. The van der Waals surface area contributed by atoms with Gasteiger partial charge in [-0.1, -0.05) is 52.0 Å². The predicted octanol–water partition coefficient (Wildman–Crippen LogP) is 5.64. The average molecular weight is 371 g/mol. The van der Waals surface area contributed by atoms with Gasteiger partial charge in [0.1, 0.15) is 17.1 Å². The summed E-state index contributed by atoms with van der Waals surface area (Å²) in [6, 6.07) is 8.28. The van der Waals surface area contributed by atoms with Crippen molar-refractivity contribution < 1.29 is 14.6 Å². The first-order chi connectivity index (χ1) is 12.6. The normalized spacial score (nSPS) is 13.8. The average Bonchev–Trinajstić information content (AvgIpc) is 2.64. The maximum Gasteiger partial charge on any atom is 0.129 e. The van der Waals surface area contributed by atoms with Crippen LogP contribution in [-0.2, 0) is 5.60 Å². The molecule has 1 atom stereocenters. The van der Waals surface area contributed by atoms with Crippen LogP contribution in [0.15, 0.2) is 24.3 Å². The Hall–Kier alpha value is -2.00. The molecular formula is C24H34O3. The first-order valence-corrected chi connectivity index (χ1v) is 9.66. The molecule has 0 saturated carbocycles. The number of rotatable bonds is 6. The predicted molar refractivity (Wildman–Crippen MR) is 112 cm³/mol. The van der Waals surface area contributed by atoms with Crippen LogP contribution in [0.3, 0.4) is 0 Å². The fraction of sp³-hybridized carbons (Fsp3) is 0.500. The Bertz CT molecular complexity index is 804. The number of methoxy groups -OCH3 is 2. The monoisotopic (exact) mass is 370 g/mol. The molecule has 3 nitrogen and oxygen atoms in total. The van der Waals surface area contributed by atoms with Crippen molar-refractivity contribution in [3.8, 4) is 11.5 Å². The highest BCUT2D eigenvalue weighted by Gasteiger charge is 2.41. The minimum Gasteiger partial charge on any atom is -0.496 e. The van der Waals surface area contributed by atoms with Crippen LogP contribution in [0, 0.1) is 26.7 Å². The van der Waals surface area contributed by atoms with Gasteiger partial charge in [0.2, 0.25) is 0 Å². The first-order valence-electron chi connectivity index (χ1n) is 9.66. The third kappa shape index (κ3) is 3.45. The van der Waals surface area contributed by atoms with E-state index in [9.17, 15) is 5.11 Å². The Labute approximate surface area is 164 Å². The molecule has 0 bridgehead atoms. The van der Waals surface area contributed by atoms with Gasteiger partial charge >= 0.3 is 0 Å². The summed E-state index contributed by atoms with van der Waals surface area (Å²) in [5.41, 5.74) is 4.68. The summed E-state index contributed by atoms with van der Waals surface area (Å²) in [6.45, 7) is 14.5. The number of benzene rings is 2. The molecule has 2 aromatic carbocycles. The maximum absolute atomic E-state index is 12.1. The van der Waals surface area contributed by atoms with Gasteiger partial charge < -0.3 is 14.6 Å². The highest BCUT2D eigenvalue weighted by Crippen LogP contribution is 2.48. The van der Waals surface area contributed by atoms with E-state index >= 15 is 0 Å². The summed E-state index contributed by atoms with van der Waals surface area (Å²) in [5, 5.41) is 12.1. The summed E-state index contributed by atoms with van der Waals surface area (Å²) in [7, 11) is 3.34. The van der Waals surface area contributed by atoms with Crippen LogP contribution in [0.2, 0.25) is 0 Å². The Morgan fingerprint density at radius 1 is 0.778 bits per heavy atom. The van der Waals surface area contributed by atoms with Crippen LogP contribution in [0.4, 0.5) is 0 Å². The van der Waals surface area contributed by atoms with Gasteiger partial charge in [-0.25, -0.2) is 0 Å². The van der Waals surface area contributed by atoms with Crippen molar-refractivity contribution in [2.45, 2.75) is 60.0 Å². The van der Waals surface area contributed by atoms with E-state index < -0.39 is 5.60 Å². The lowest BCUT2D eigenvalue weighted by Gasteiger charge is -2.37. The smallest absolute Gasteiger partial charge is 0.129 e. The lowest BCUT2D eigenvalue weighted by Crippen LogP contribution is -2.35. The lowest BCUT2D eigenvalue weighted by atomic mass is 9.74. The highest BCUT2D eigenvalue weighted by molar-refractivity contribution is 5.62. The minimum atomic E-state index is -1.18. The van der Waals surface area contributed by atoms with Crippen molar-refractivity contribution in [1.29, 1.82) is 0 Å². The van der Waals surface area contributed by atoms with E-state index in [2.05, 4.69) is 26.0 Å². The minimum absolute atomic E-state index is 0.0539. The van der Waals surface area contributed by atoms with Gasteiger partial charge in [-0.15, -0.1) is 0 Å². The molecule has 0 aliphatic rings. The second-order valence-corrected chi connectivity index (χ2v) is 8.01. The van der Waals surface area contributed by atoms with E-state index in [0.717, 1.165) is 39.3 Å². The molecule has 0 saturated heterocycles. The second kappa shape index (κ2) is 7.93. The Morgan fingerprint density at radius 3 is 1.67 bits per heavy atom. The fourth-order valence-corrected chi connectivity index (χ4v) is 4.00. The van der Waals surface area contributed by atoms with E-state index in [0.29, 0.717) is 5.92 Å². The van der Waals surface area contributed by atoms with E-state index in [1.807, 2.05) is 46.8 Å². The topological polar surface area (TPSA) is 38.7 Å². The summed E-state index contributed by atoms with van der Waals surface area (Å²) in [5.74, 6) is 1.93. The standard InChI is InChI=1S/C24H34O3/c1-14(2)19-10-12-20(13-11-19)24(25,15(3)4)21-18(7)22(26-8)16(5)17(6)23(21)27-9/h10-15,25H,1-9H3. The van der Waals surface area contributed by atoms with Gasteiger partial charge in [0, 0.05) is 11.1 Å². The number of aliphatic hydroxyl groups is 1. The first kappa shape index (κ1) is 21.3. The van der Waals surface area contributed by atoms with E-state index in [-0.39, 0.29) is 5.92 Å². The molecule has 3 heteroatoms. The van der Waals surface area contributed by atoms with Crippen LogP contribution in [0.5, 0.6) is 11.5 Å². The highest BCUT2D eigenvalue weighted by atomic mass is 16.5. The largest absolute Gasteiger partial charge is 0.496 e. The molecular weight excluding hydrogens is 336 g/mol. The van der Waals surface area contributed by atoms with Crippen LogP contribution in [0.1, 0.15) is 67.0 Å². The van der Waals surface area contributed by atoms with Crippen LogP contribution in [0.25, 0.3) is 0 Å². The Balaban J connectivity index is 2.85. The second-order valence-electron chi connectivity index (χ2n) is 8.01. The zero-order chi connectivity index (χ0) is 20.5. The molecule has 0 fully saturated rings. The van der Waals surface area contributed by atoms with E-state index in [1.54, 1.807) is 14.2 Å². The third-order valence-electron chi connectivity index (χ3n) is 5.83. The molecule has 0 aliphatic heterocycles. The lowest BCUT2D eigenvalue weighted by molar-refractivity contribution is 0.0285. The van der Waals surface area contributed by atoms with Crippen LogP contribution >= 0.6 is 0 Å². The molecule has 0 spiro atoms. The van der Waals surface area contributed by atoms with Crippen molar-refractivity contribution in [2.24, 2.45) is 5.92 Å². The molecule has 0 radical (unpaired) electrons. The van der Waals surface area contributed by atoms with Gasteiger partial charge in [0.15, 0.2) is 0 Å². The number of hydrogen-bond donors (Lipinski definition) is 1. The molecule has 0 aromatic heterocycles. The fourth-order valence-electron chi connectivity index (χ4n) is 4.00. The summed E-state index contributed by atoms with van der Waals surface area (Å²) >= 11 is 0. The van der Waals surface area contributed by atoms with Crippen LogP contribution in [-0.4, -0.2) is 19.3 Å². The number of hydrogen-bond acceptors (Lipinski definition) is 3. The van der Waals surface area contributed by atoms with E-state index in [4.69, 9.17) is 9.47 Å². The van der Waals surface area contributed by atoms with Gasteiger partial charge in [-0.05, 0) is 54.9 Å². The van der Waals surface area contributed by atoms with Crippen molar-refractivity contribution in [3.05, 3.63) is 57.6 Å². The quantitative estimate of drug-likeness (QED) is 0.715. The molecule has 0 amide bonds. The van der Waals surface area contributed by atoms with Crippen LogP contribution < -0.4 is 9.47 Å². The number of ether oxygens (including phenoxy) is 2. The molecule has 0 aliphatic carbocycles. The molecule has 1 unspecified atom stereocenters. The zero-order valence-electron chi connectivity index (χ0n) is 18.2. The van der Waals surface area contributed by atoms with Gasteiger partial charge in [-0.2, -0.15) is 0 Å². The van der Waals surface area contributed by atoms with Gasteiger partial charge in [0.25, 0.3) is 0 Å². The zero-order valence-corrected chi connectivity index (χ0v) is 18.2. The summed E-state index contributed by atoms with van der Waals surface area (Å²) < 4.78 is 11.5. The third-order valence-corrected chi connectivity index (χ3v) is 5.83. The molecule has 27 heavy (non-hydrogen) atoms. The van der Waals surface area contributed by atoms with Gasteiger partial charge in [0.05, 0.1) is 14.2 Å². The molecule has 2 aromatic rings.